The van der Waals surface area contributed by atoms with Crippen LogP contribution in [0.5, 0.6) is 0 Å². The Balaban J connectivity index is 1.12. The number of furan rings is 1. The fourth-order valence-electron chi connectivity index (χ4n) is 6.47. The molecule has 4 fully saturated rings. The van der Waals surface area contributed by atoms with E-state index in [0.717, 1.165) is 53.7 Å². The summed E-state index contributed by atoms with van der Waals surface area (Å²) in [5.74, 6) is 3.12. The third kappa shape index (κ3) is 3.56. The maximum absolute atomic E-state index is 13.0. The first-order valence-electron chi connectivity index (χ1n) is 11.1. The minimum Gasteiger partial charge on any atom is -0.459 e. The number of para-hydroxylation sites is 1. The first-order valence-corrected chi connectivity index (χ1v) is 11.1. The molecule has 2 aromatic rings. The molecule has 5 nitrogen and oxygen atoms in total. The summed E-state index contributed by atoms with van der Waals surface area (Å²) < 4.78 is 5.83. The predicted octanol–water partition coefficient (Wildman–Crippen LogP) is 4.33. The third-order valence-corrected chi connectivity index (χ3v) is 7.41. The number of nitrogens with one attached hydrogen (secondary N) is 2. The topological polar surface area (TPSA) is 71.3 Å². The minimum atomic E-state index is -0.200. The first kappa shape index (κ1) is 18.7. The summed E-state index contributed by atoms with van der Waals surface area (Å²) in [6.07, 6.45) is 7.45. The van der Waals surface area contributed by atoms with Crippen molar-refractivity contribution in [3.8, 4) is 0 Å². The molecule has 154 valence electrons. The highest BCUT2D eigenvalue weighted by Crippen LogP contribution is 2.60. The van der Waals surface area contributed by atoms with Crippen LogP contribution in [0.4, 0.5) is 0 Å². The van der Waals surface area contributed by atoms with Crippen LogP contribution in [0.25, 0.3) is 11.0 Å². The molecule has 6 rings (SSSR count). The van der Waals surface area contributed by atoms with Crippen molar-refractivity contribution >= 4 is 22.8 Å². The normalized spacial score (nSPS) is 31.0. The van der Waals surface area contributed by atoms with Crippen molar-refractivity contribution in [1.82, 2.24) is 10.6 Å². The smallest absolute Gasteiger partial charge is 0.226 e. The van der Waals surface area contributed by atoms with Crippen LogP contribution in [0.1, 0.15) is 63.7 Å². The molecule has 0 unspecified atom stereocenters. The van der Waals surface area contributed by atoms with Gasteiger partial charge in [0.15, 0.2) is 0 Å². The number of carbonyl (C=O) groups excluding carboxylic acids is 2. The maximum Gasteiger partial charge on any atom is 0.226 e. The maximum atomic E-state index is 13.0. The Kier molecular flexibility index (Phi) is 4.64. The van der Waals surface area contributed by atoms with E-state index in [9.17, 15) is 9.59 Å². The van der Waals surface area contributed by atoms with Gasteiger partial charge < -0.3 is 15.1 Å². The zero-order valence-corrected chi connectivity index (χ0v) is 17.1. The predicted molar refractivity (Wildman–Crippen MR) is 111 cm³/mol. The minimum absolute atomic E-state index is 0.0660. The molecule has 0 spiro atoms. The van der Waals surface area contributed by atoms with E-state index in [1.54, 1.807) is 0 Å². The van der Waals surface area contributed by atoms with Gasteiger partial charge in [-0.3, -0.25) is 9.59 Å². The van der Waals surface area contributed by atoms with Crippen LogP contribution in [-0.4, -0.2) is 18.4 Å². The molecule has 0 aliphatic heterocycles. The monoisotopic (exact) mass is 394 g/mol. The standard InChI is InChI=1S/C24H30N2O3/c1-15(21-11-19-4-2-3-5-20(19)29-21)26-22(27)6-7-25-23(28)24-12-16-8-17(13-24)10-18(9-16)14-24/h2-5,11,15-18H,6-10,12-14H2,1H3,(H,25,28)(H,26,27)/t15-,16?,17?,18?,24?/m1/s1. The Morgan fingerprint density at radius 1 is 1.10 bits per heavy atom. The lowest BCUT2D eigenvalue weighted by atomic mass is 9.49. The first-order chi connectivity index (χ1) is 14.0. The molecule has 4 bridgehead atoms. The molecule has 4 aliphatic rings. The number of amides is 2. The highest BCUT2D eigenvalue weighted by Gasteiger charge is 2.54. The van der Waals surface area contributed by atoms with E-state index < -0.39 is 0 Å². The van der Waals surface area contributed by atoms with Gasteiger partial charge in [-0.25, -0.2) is 0 Å². The van der Waals surface area contributed by atoms with Crippen molar-refractivity contribution in [3.05, 3.63) is 36.1 Å². The average Bonchev–Trinajstić information content (AvgIpc) is 3.11. The van der Waals surface area contributed by atoms with Crippen molar-refractivity contribution in [2.24, 2.45) is 23.2 Å². The molecule has 4 saturated carbocycles. The van der Waals surface area contributed by atoms with E-state index in [2.05, 4.69) is 10.6 Å². The van der Waals surface area contributed by atoms with E-state index in [1.165, 1.54) is 19.3 Å². The highest BCUT2D eigenvalue weighted by molar-refractivity contribution is 5.84. The number of carbonyl (C=O) groups is 2. The largest absolute Gasteiger partial charge is 0.459 e. The SMILES string of the molecule is C[C@@H](NC(=O)CCNC(=O)C12CC3CC(CC(C3)C1)C2)c1cc2ccccc2o1. The zero-order chi connectivity index (χ0) is 20.0. The Bertz CT molecular complexity index is 863. The van der Waals surface area contributed by atoms with Gasteiger partial charge in [-0.05, 0) is 75.3 Å². The Labute approximate surface area is 171 Å². The summed E-state index contributed by atoms with van der Waals surface area (Å²) in [6, 6.07) is 9.59. The summed E-state index contributed by atoms with van der Waals surface area (Å²) in [5, 5.41) is 7.10. The second kappa shape index (κ2) is 7.19. The van der Waals surface area contributed by atoms with Crippen LogP contribution in [0.2, 0.25) is 0 Å². The van der Waals surface area contributed by atoms with Crippen molar-refractivity contribution in [2.45, 2.75) is 57.9 Å². The Hall–Kier alpha value is -2.30. The van der Waals surface area contributed by atoms with E-state index in [4.69, 9.17) is 4.42 Å². The van der Waals surface area contributed by atoms with E-state index in [1.807, 2.05) is 37.3 Å². The van der Waals surface area contributed by atoms with Crippen molar-refractivity contribution < 1.29 is 14.0 Å². The Morgan fingerprint density at radius 2 is 1.76 bits per heavy atom. The highest BCUT2D eigenvalue weighted by atomic mass is 16.3. The molecular weight excluding hydrogens is 364 g/mol. The number of fused-ring (bicyclic) bond motifs is 1. The molecule has 0 saturated heterocycles. The molecule has 2 amide bonds. The number of hydrogen-bond acceptors (Lipinski definition) is 3. The van der Waals surface area contributed by atoms with Gasteiger partial charge in [0, 0.05) is 23.8 Å². The molecule has 1 atom stereocenters. The molecule has 1 heterocycles. The van der Waals surface area contributed by atoms with Crippen LogP contribution < -0.4 is 10.6 Å². The number of hydrogen-bond donors (Lipinski definition) is 2. The third-order valence-electron chi connectivity index (χ3n) is 7.41. The molecule has 1 aromatic heterocycles. The lowest BCUT2D eigenvalue weighted by Gasteiger charge is -2.55. The van der Waals surface area contributed by atoms with Gasteiger partial charge in [-0.2, -0.15) is 0 Å². The Morgan fingerprint density at radius 3 is 2.41 bits per heavy atom. The quantitative estimate of drug-likeness (QED) is 0.766. The number of rotatable bonds is 6. The molecular formula is C24H30N2O3. The molecule has 1 aromatic carbocycles. The van der Waals surface area contributed by atoms with Crippen LogP contribution >= 0.6 is 0 Å². The summed E-state index contributed by atoms with van der Waals surface area (Å²) in [7, 11) is 0. The van der Waals surface area contributed by atoms with E-state index in [-0.39, 0.29) is 23.3 Å². The van der Waals surface area contributed by atoms with Gasteiger partial charge >= 0.3 is 0 Å². The molecule has 29 heavy (non-hydrogen) atoms. The van der Waals surface area contributed by atoms with Gasteiger partial charge in [-0.15, -0.1) is 0 Å². The number of benzene rings is 1. The van der Waals surface area contributed by atoms with E-state index in [0.29, 0.717) is 13.0 Å². The molecule has 5 heteroatoms. The average molecular weight is 395 g/mol. The van der Waals surface area contributed by atoms with Gasteiger partial charge in [0.05, 0.1) is 6.04 Å². The summed E-state index contributed by atoms with van der Waals surface area (Å²) in [5.41, 5.74) is 0.679. The van der Waals surface area contributed by atoms with Crippen LogP contribution in [-0.2, 0) is 9.59 Å². The molecule has 2 N–H and O–H groups in total. The van der Waals surface area contributed by atoms with Crippen molar-refractivity contribution in [2.75, 3.05) is 6.54 Å². The van der Waals surface area contributed by atoms with Crippen molar-refractivity contribution in [1.29, 1.82) is 0 Å². The van der Waals surface area contributed by atoms with Crippen LogP contribution in [0.3, 0.4) is 0 Å². The fraction of sp³-hybridized carbons (Fsp3) is 0.583. The summed E-state index contributed by atoms with van der Waals surface area (Å²) in [6.45, 7) is 2.32. The van der Waals surface area contributed by atoms with Crippen LogP contribution in [0.15, 0.2) is 34.7 Å². The van der Waals surface area contributed by atoms with E-state index >= 15 is 0 Å². The second-order valence-electron chi connectivity index (χ2n) is 9.68. The fourth-order valence-corrected chi connectivity index (χ4v) is 6.47. The lowest BCUT2D eigenvalue weighted by molar-refractivity contribution is -0.146. The lowest BCUT2D eigenvalue weighted by Crippen LogP contribution is -2.53. The van der Waals surface area contributed by atoms with Crippen LogP contribution in [0, 0.1) is 23.2 Å². The summed E-state index contributed by atoms with van der Waals surface area (Å²) in [4.78, 5) is 25.3. The zero-order valence-electron chi connectivity index (χ0n) is 17.1. The van der Waals surface area contributed by atoms with Crippen molar-refractivity contribution in [3.63, 3.8) is 0 Å². The van der Waals surface area contributed by atoms with Gasteiger partial charge in [0.1, 0.15) is 11.3 Å². The summed E-state index contributed by atoms with van der Waals surface area (Å²) >= 11 is 0. The molecule has 4 aliphatic carbocycles. The van der Waals surface area contributed by atoms with Gasteiger partial charge in [0.25, 0.3) is 0 Å². The van der Waals surface area contributed by atoms with Gasteiger partial charge in [-0.1, -0.05) is 18.2 Å². The molecule has 0 radical (unpaired) electrons. The van der Waals surface area contributed by atoms with Gasteiger partial charge in [0.2, 0.25) is 11.8 Å². The second-order valence-corrected chi connectivity index (χ2v) is 9.68.